The zero-order valence-electron chi connectivity index (χ0n) is 8.15. The Kier molecular flexibility index (Phi) is 3.71. The third-order valence-electron chi connectivity index (χ3n) is 1.75. The van der Waals surface area contributed by atoms with Gasteiger partial charge in [0.1, 0.15) is 0 Å². The van der Waals surface area contributed by atoms with Crippen LogP contribution in [-0.2, 0) is 6.54 Å². The van der Waals surface area contributed by atoms with E-state index in [1.54, 1.807) is 0 Å². The number of H-pyrrole nitrogens is 1. The predicted molar refractivity (Wildman–Crippen MR) is 46.6 cm³/mol. The van der Waals surface area contributed by atoms with Gasteiger partial charge in [0.15, 0.2) is 5.75 Å². The molecule has 1 aromatic heterocycles. The summed E-state index contributed by atoms with van der Waals surface area (Å²) in [5, 5.41) is 0. The largest absolute Gasteiger partial charge is 0.573 e. The number of aromatic amines is 1. The summed E-state index contributed by atoms with van der Waals surface area (Å²) in [6, 6.07) is 0.338. The van der Waals surface area contributed by atoms with Crippen LogP contribution in [0.5, 0.6) is 5.75 Å². The zero-order chi connectivity index (χ0) is 13.2. The Balaban J connectivity index is 3.37. The maximum atomic E-state index is 12.5. The van der Waals surface area contributed by atoms with Crippen LogP contribution < -0.4 is 16.0 Å². The van der Waals surface area contributed by atoms with Crippen molar-refractivity contribution in [2.24, 2.45) is 5.73 Å². The average Bonchev–Trinajstić information content (AvgIpc) is 2.17. The van der Waals surface area contributed by atoms with Gasteiger partial charge in [0.2, 0.25) is 5.56 Å². The number of ether oxygens (including phenoxy) is 1. The first-order chi connectivity index (χ1) is 7.74. The van der Waals surface area contributed by atoms with Crippen LogP contribution >= 0.6 is 0 Å². The lowest BCUT2D eigenvalue weighted by Crippen LogP contribution is -2.23. The van der Waals surface area contributed by atoms with Crippen LogP contribution in [0, 0.1) is 0 Å². The normalized spacial score (nSPS) is 11.9. The van der Waals surface area contributed by atoms with Gasteiger partial charge in [-0.05, 0) is 0 Å². The number of alkyl halides is 5. The lowest BCUT2D eigenvalue weighted by atomic mass is 10.2. The van der Waals surface area contributed by atoms with E-state index in [0.717, 1.165) is 0 Å². The molecule has 96 valence electrons. The fourth-order valence-electron chi connectivity index (χ4n) is 1.16. The summed E-state index contributed by atoms with van der Waals surface area (Å²) in [5.74, 6) is -1.16. The van der Waals surface area contributed by atoms with Crippen molar-refractivity contribution in [2.45, 2.75) is 19.3 Å². The summed E-state index contributed by atoms with van der Waals surface area (Å²) in [6.07, 6.45) is -8.42. The number of aromatic nitrogens is 1. The number of hydrogen-bond donors (Lipinski definition) is 2. The van der Waals surface area contributed by atoms with Crippen molar-refractivity contribution in [2.75, 3.05) is 0 Å². The summed E-state index contributed by atoms with van der Waals surface area (Å²) < 4.78 is 64.4. The van der Waals surface area contributed by atoms with Crippen molar-refractivity contribution in [3.8, 4) is 5.75 Å². The van der Waals surface area contributed by atoms with E-state index in [0.29, 0.717) is 6.07 Å². The van der Waals surface area contributed by atoms with E-state index in [2.05, 4.69) is 4.74 Å². The second-order valence-electron chi connectivity index (χ2n) is 2.95. The molecule has 3 N–H and O–H groups in total. The predicted octanol–water partition coefficient (Wildman–Crippen LogP) is 1.67. The quantitative estimate of drug-likeness (QED) is 0.810. The molecule has 17 heavy (non-hydrogen) atoms. The van der Waals surface area contributed by atoms with E-state index in [1.165, 1.54) is 0 Å². The molecule has 1 rings (SSSR count). The van der Waals surface area contributed by atoms with E-state index in [1.807, 2.05) is 4.98 Å². The lowest BCUT2D eigenvalue weighted by Gasteiger charge is -2.15. The molecule has 1 aromatic rings. The Morgan fingerprint density at radius 2 is 2.00 bits per heavy atom. The van der Waals surface area contributed by atoms with Gasteiger partial charge >= 0.3 is 6.36 Å². The minimum atomic E-state index is -5.15. The Labute approximate surface area is 91.2 Å². The molecule has 0 aromatic carbocycles. The number of hydrogen-bond acceptors (Lipinski definition) is 3. The molecule has 0 amide bonds. The molecule has 0 fully saturated rings. The monoisotopic (exact) mass is 258 g/mol. The summed E-state index contributed by atoms with van der Waals surface area (Å²) >= 11 is 0. The van der Waals surface area contributed by atoms with Crippen LogP contribution in [0.1, 0.15) is 17.7 Å². The molecule has 4 nitrogen and oxygen atoms in total. The van der Waals surface area contributed by atoms with Gasteiger partial charge in [0.25, 0.3) is 6.43 Å². The van der Waals surface area contributed by atoms with Gasteiger partial charge in [-0.25, -0.2) is 8.78 Å². The summed E-state index contributed by atoms with van der Waals surface area (Å²) in [7, 11) is 0. The molecule has 1 heterocycles. The van der Waals surface area contributed by atoms with Crippen molar-refractivity contribution in [1.29, 1.82) is 0 Å². The molecule has 0 bridgehead atoms. The Hall–Kier alpha value is -1.64. The molecule has 0 saturated carbocycles. The topological polar surface area (TPSA) is 68.1 Å². The average molecular weight is 258 g/mol. The minimum Gasteiger partial charge on any atom is -0.403 e. The fourth-order valence-corrected chi connectivity index (χ4v) is 1.16. The smallest absolute Gasteiger partial charge is 0.403 e. The molecule has 0 unspecified atom stereocenters. The second-order valence-corrected chi connectivity index (χ2v) is 2.95. The Morgan fingerprint density at radius 1 is 1.41 bits per heavy atom. The van der Waals surface area contributed by atoms with Gasteiger partial charge in [-0.1, -0.05) is 0 Å². The summed E-state index contributed by atoms with van der Waals surface area (Å²) in [5.41, 5.74) is 2.38. The van der Waals surface area contributed by atoms with Crippen LogP contribution in [-0.4, -0.2) is 11.3 Å². The molecule has 0 aliphatic carbocycles. The van der Waals surface area contributed by atoms with Gasteiger partial charge in [0, 0.05) is 12.6 Å². The van der Waals surface area contributed by atoms with Crippen LogP contribution in [0.4, 0.5) is 22.0 Å². The van der Waals surface area contributed by atoms with Crippen molar-refractivity contribution in [1.82, 2.24) is 4.98 Å². The van der Waals surface area contributed by atoms with Crippen LogP contribution in [0.25, 0.3) is 0 Å². The van der Waals surface area contributed by atoms with E-state index in [4.69, 9.17) is 5.73 Å². The number of halogens is 5. The van der Waals surface area contributed by atoms with E-state index in [-0.39, 0.29) is 0 Å². The third-order valence-corrected chi connectivity index (χ3v) is 1.75. The molecule has 0 atom stereocenters. The molecule has 0 saturated heterocycles. The van der Waals surface area contributed by atoms with Crippen LogP contribution in [0.2, 0.25) is 0 Å². The lowest BCUT2D eigenvalue weighted by molar-refractivity contribution is -0.275. The standard InChI is InChI=1S/C8H7F5N2O2/c9-7(10)3-1-5(16)15-4(2-14)6(3)17-8(11,12)13/h1,7H,2,14H2,(H,15,16). The number of pyridine rings is 1. The first-order valence-electron chi connectivity index (χ1n) is 4.24. The van der Waals surface area contributed by atoms with E-state index < -0.39 is 41.9 Å². The molecule has 0 radical (unpaired) electrons. The molecule has 0 spiro atoms. The summed E-state index contributed by atoms with van der Waals surface area (Å²) in [6.45, 7) is -0.568. The van der Waals surface area contributed by atoms with Crippen molar-refractivity contribution in [3.63, 3.8) is 0 Å². The van der Waals surface area contributed by atoms with Gasteiger partial charge in [-0.15, -0.1) is 13.2 Å². The zero-order valence-corrected chi connectivity index (χ0v) is 8.15. The van der Waals surface area contributed by atoms with Gasteiger partial charge in [-0.2, -0.15) is 0 Å². The minimum absolute atomic E-state index is 0.338. The highest BCUT2D eigenvalue weighted by Crippen LogP contribution is 2.33. The summed E-state index contributed by atoms with van der Waals surface area (Å²) in [4.78, 5) is 12.8. The van der Waals surface area contributed by atoms with E-state index in [9.17, 15) is 26.7 Å². The van der Waals surface area contributed by atoms with E-state index >= 15 is 0 Å². The van der Waals surface area contributed by atoms with Gasteiger partial charge < -0.3 is 15.5 Å². The Morgan fingerprint density at radius 3 is 2.41 bits per heavy atom. The van der Waals surface area contributed by atoms with Crippen LogP contribution in [0.15, 0.2) is 10.9 Å². The maximum Gasteiger partial charge on any atom is 0.573 e. The third kappa shape index (κ3) is 3.41. The van der Waals surface area contributed by atoms with Crippen LogP contribution in [0.3, 0.4) is 0 Å². The highest BCUT2D eigenvalue weighted by molar-refractivity contribution is 5.38. The Bertz CT molecular complexity index is 454. The first-order valence-corrected chi connectivity index (χ1v) is 4.24. The number of nitrogens with two attached hydrogens (primary N) is 1. The highest BCUT2D eigenvalue weighted by Gasteiger charge is 2.34. The molecular weight excluding hydrogens is 251 g/mol. The molecular formula is C8H7F5N2O2. The maximum absolute atomic E-state index is 12.5. The molecule has 9 heteroatoms. The molecule has 0 aliphatic rings. The first kappa shape index (κ1) is 13.4. The number of nitrogens with one attached hydrogen (secondary N) is 1. The second kappa shape index (κ2) is 4.70. The van der Waals surface area contributed by atoms with Crippen molar-refractivity contribution in [3.05, 3.63) is 27.7 Å². The van der Waals surface area contributed by atoms with Gasteiger partial charge in [0.05, 0.1) is 11.3 Å². The number of rotatable bonds is 3. The van der Waals surface area contributed by atoms with Crippen molar-refractivity contribution < 1.29 is 26.7 Å². The fraction of sp³-hybridized carbons (Fsp3) is 0.375. The van der Waals surface area contributed by atoms with Gasteiger partial charge in [-0.3, -0.25) is 4.79 Å². The highest BCUT2D eigenvalue weighted by atomic mass is 19.4. The van der Waals surface area contributed by atoms with Crippen molar-refractivity contribution >= 4 is 0 Å². The molecule has 0 aliphatic heterocycles. The SMILES string of the molecule is NCc1[nH]c(=O)cc(C(F)F)c1OC(F)(F)F.